The molecule has 0 radical (unpaired) electrons. The zero-order chi connectivity index (χ0) is 17.3. The summed E-state index contributed by atoms with van der Waals surface area (Å²) in [6.45, 7) is -0.0561. The zero-order valence-electron chi connectivity index (χ0n) is 12.1. The van der Waals surface area contributed by atoms with Crippen molar-refractivity contribution in [2.24, 2.45) is 0 Å². The molecule has 8 heteroatoms. The van der Waals surface area contributed by atoms with Gasteiger partial charge >= 0.3 is 6.18 Å². The van der Waals surface area contributed by atoms with E-state index in [1.165, 1.54) is 0 Å². The van der Waals surface area contributed by atoms with E-state index >= 15 is 0 Å². The summed E-state index contributed by atoms with van der Waals surface area (Å²) in [6.07, 6.45) is -5.53. The van der Waals surface area contributed by atoms with Gasteiger partial charge in [-0.2, -0.15) is 13.2 Å². The Morgan fingerprint density at radius 1 is 1.17 bits per heavy atom. The molecule has 2 aromatic carbocycles. The van der Waals surface area contributed by atoms with E-state index in [0.29, 0.717) is 11.5 Å². The fraction of sp³-hybridized carbons (Fsp3) is 0.188. The molecule has 0 bridgehead atoms. The van der Waals surface area contributed by atoms with E-state index in [1.54, 1.807) is 24.3 Å². The summed E-state index contributed by atoms with van der Waals surface area (Å²) in [5.74, 6) is 0.239. The van der Waals surface area contributed by atoms with Gasteiger partial charge in [-0.25, -0.2) is 0 Å². The van der Waals surface area contributed by atoms with Crippen molar-refractivity contribution < 1.29 is 27.4 Å². The van der Waals surface area contributed by atoms with Crippen molar-refractivity contribution in [1.82, 2.24) is 0 Å². The van der Waals surface area contributed by atoms with Gasteiger partial charge in [-0.15, -0.1) is 0 Å². The molecule has 0 aromatic heterocycles. The lowest BCUT2D eigenvalue weighted by molar-refractivity contribution is -0.137. The van der Waals surface area contributed by atoms with Gasteiger partial charge in [-0.1, -0.05) is 23.7 Å². The third-order valence-corrected chi connectivity index (χ3v) is 3.68. The Bertz CT molecular complexity index is 779. The monoisotopic (exact) mass is 357 g/mol. The van der Waals surface area contributed by atoms with Gasteiger partial charge in [0.1, 0.15) is 6.61 Å². The van der Waals surface area contributed by atoms with Crippen molar-refractivity contribution in [1.29, 1.82) is 0 Å². The molecule has 126 valence electrons. The number of fused-ring (bicyclic) bond motifs is 1. The summed E-state index contributed by atoms with van der Waals surface area (Å²) in [5, 5.41) is 2.34. The quantitative estimate of drug-likeness (QED) is 0.878. The first-order chi connectivity index (χ1) is 11.3. The topological polar surface area (TPSA) is 47.6 Å². The molecule has 1 aliphatic rings. The molecule has 2 aromatic rings. The second-order valence-electron chi connectivity index (χ2n) is 5.05. The highest BCUT2D eigenvalue weighted by molar-refractivity contribution is 6.33. The summed E-state index contributed by atoms with van der Waals surface area (Å²) in [7, 11) is 0. The Balaban J connectivity index is 1.76. The third-order valence-electron chi connectivity index (χ3n) is 3.35. The Morgan fingerprint density at radius 2 is 1.88 bits per heavy atom. The molecule has 1 amide bonds. The van der Waals surface area contributed by atoms with Crippen LogP contribution in [0.25, 0.3) is 0 Å². The van der Waals surface area contributed by atoms with Gasteiger partial charge in [0.2, 0.25) is 6.10 Å². The van der Waals surface area contributed by atoms with E-state index < -0.39 is 23.8 Å². The van der Waals surface area contributed by atoms with Gasteiger partial charge in [0.25, 0.3) is 5.91 Å². The fourth-order valence-corrected chi connectivity index (χ4v) is 2.32. The number of hydrogen-bond donors (Lipinski definition) is 1. The van der Waals surface area contributed by atoms with E-state index in [4.69, 9.17) is 21.1 Å². The smallest absolute Gasteiger partial charge is 0.416 e. The zero-order valence-corrected chi connectivity index (χ0v) is 12.8. The number of rotatable bonds is 2. The Kier molecular flexibility index (Phi) is 4.28. The average Bonchev–Trinajstić information content (AvgIpc) is 2.55. The molecule has 1 atom stereocenters. The molecule has 1 heterocycles. The number of nitrogens with one attached hydrogen (secondary N) is 1. The van der Waals surface area contributed by atoms with E-state index in [1.807, 2.05) is 0 Å². The van der Waals surface area contributed by atoms with Gasteiger partial charge < -0.3 is 14.8 Å². The van der Waals surface area contributed by atoms with Crippen LogP contribution in [0.2, 0.25) is 5.02 Å². The second-order valence-corrected chi connectivity index (χ2v) is 5.45. The highest BCUT2D eigenvalue weighted by Crippen LogP contribution is 2.34. The van der Waals surface area contributed by atoms with Crippen LogP contribution in [0.5, 0.6) is 11.5 Å². The predicted octanol–water partition coefficient (Wildman–Crippen LogP) is 4.14. The van der Waals surface area contributed by atoms with Crippen molar-refractivity contribution in [3.05, 3.63) is 53.1 Å². The predicted molar refractivity (Wildman–Crippen MR) is 81.4 cm³/mol. The number of carbonyl (C=O) groups is 1. The van der Waals surface area contributed by atoms with Crippen LogP contribution in [0.1, 0.15) is 5.56 Å². The lowest BCUT2D eigenvalue weighted by Gasteiger charge is -2.25. The Hall–Kier alpha value is -2.41. The molecule has 3 rings (SSSR count). The third kappa shape index (κ3) is 3.41. The Morgan fingerprint density at radius 3 is 2.58 bits per heavy atom. The number of carbonyl (C=O) groups excluding carboxylic acids is 1. The number of amides is 1. The lowest BCUT2D eigenvalue weighted by Crippen LogP contribution is -2.40. The molecule has 0 saturated carbocycles. The summed E-state index contributed by atoms with van der Waals surface area (Å²) in [6, 6.07) is 9.48. The number of anilines is 1. The van der Waals surface area contributed by atoms with E-state index in [0.717, 1.165) is 18.2 Å². The first-order valence-electron chi connectivity index (χ1n) is 6.90. The number of ether oxygens (including phenoxy) is 2. The fourth-order valence-electron chi connectivity index (χ4n) is 2.16. The maximum absolute atomic E-state index is 12.8. The highest BCUT2D eigenvalue weighted by atomic mass is 35.5. The maximum atomic E-state index is 12.8. The summed E-state index contributed by atoms with van der Waals surface area (Å²) in [4.78, 5) is 12.2. The number of benzene rings is 2. The number of hydrogen-bond acceptors (Lipinski definition) is 3. The lowest BCUT2D eigenvalue weighted by atomic mass is 10.2. The van der Waals surface area contributed by atoms with Crippen LogP contribution in [0, 0.1) is 0 Å². The molecule has 1 unspecified atom stereocenters. The molecular weight excluding hydrogens is 347 g/mol. The van der Waals surface area contributed by atoms with Gasteiger partial charge in [-0.3, -0.25) is 4.79 Å². The SMILES string of the molecule is O=C(Nc1cc(C(F)(F)F)ccc1Cl)C1COc2ccccc2O1. The van der Waals surface area contributed by atoms with Crippen LogP contribution in [0.3, 0.4) is 0 Å². The van der Waals surface area contributed by atoms with Gasteiger partial charge in [0, 0.05) is 0 Å². The van der Waals surface area contributed by atoms with E-state index in [-0.39, 0.29) is 17.3 Å². The van der Waals surface area contributed by atoms with Crippen LogP contribution < -0.4 is 14.8 Å². The summed E-state index contributed by atoms with van der Waals surface area (Å²) < 4.78 is 49.2. The molecular formula is C16H11ClF3NO3. The van der Waals surface area contributed by atoms with Crippen molar-refractivity contribution in [3.63, 3.8) is 0 Å². The Labute approximate surface area is 140 Å². The minimum Gasteiger partial charge on any atom is -0.485 e. The second kappa shape index (κ2) is 6.24. The van der Waals surface area contributed by atoms with Crippen LogP contribution in [0.15, 0.2) is 42.5 Å². The van der Waals surface area contributed by atoms with E-state index in [9.17, 15) is 18.0 Å². The van der Waals surface area contributed by atoms with E-state index in [2.05, 4.69) is 5.32 Å². The minimum atomic E-state index is -4.53. The molecule has 0 fully saturated rings. The highest BCUT2D eigenvalue weighted by Gasteiger charge is 2.32. The average molecular weight is 358 g/mol. The maximum Gasteiger partial charge on any atom is 0.416 e. The molecule has 0 spiro atoms. The van der Waals surface area contributed by atoms with Gasteiger partial charge in [0.15, 0.2) is 11.5 Å². The van der Waals surface area contributed by atoms with Crippen molar-refractivity contribution >= 4 is 23.2 Å². The van der Waals surface area contributed by atoms with Gasteiger partial charge in [0.05, 0.1) is 16.3 Å². The first-order valence-corrected chi connectivity index (χ1v) is 7.28. The van der Waals surface area contributed by atoms with Crippen molar-refractivity contribution in [2.75, 3.05) is 11.9 Å². The van der Waals surface area contributed by atoms with Crippen molar-refractivity contribution in [3.8, 4) is 11.5 Å². The van der Waals surface area contributed by atoms with Crippen molar-refractivity contribution in [2.45, 2.75) is 12.3 Å². The minimum absolute atomic E-state index is 0.00604. The van der Waals surface area contributed by atoms with Gasteiger partial charge in [-0.05, 0) is 30.3 Å². The largest absolute Gasteiger partial charge is 0.485 e. The first kappa shape index (κ1) is 16.4. The molecule has 24 heavy (non-hydrogen) atoms. The molecule has 4 nitrogen and oxygen atoms in total. The normalized spacial score (nSPS) is 16.6. The molecule has 1 N–H and O–H groups in total. The molecule has 0 saturated heterocycles. The summed E-state index contributed by atoms with van der Waals surface area (Å²) in [5.41, 5.74) is -1.05. The number of halogens is 4. The number of alkyl halides is 3. The van der Waals surface area contributed by atoms with Crippen LogP contribution in [0.4, 0.5) is 18.9 Å². The van der Waals surface area contributed by atoms with Crippen LogP contribution in [-0.4, -0.2) is 18.6 Å². The standard InChI is InChI=1S/C16H11ClF3NO3/c17-10-6-5-9(16(18,19)20)7-11(10)21-15(22)14-8-23-12-3-1-2-4-13(12)24-14/h1-7,14H,8H2,(H,21,22). The summed E-state index contributed by atoms with van der Waals surface area (Å²) >= 11 is 5.86. The molecule has 1 aliphatic heterocycles. The number of para-hydroxylation sites is 2. The van der Waals surface area contributed by atoms with Crippen LogP contribution in [-0.2, 0) is 11.0 Å². The van der Waals surface area contributed by atoms with Crippen LogP contribution >= 0.6 is 11.6 Å². The molecule has 0 aliphatic carbocycles.